The summed E-state index contributed by atoms with van der Waals surface area (Å²) in [7, 11) is 0. The summed E-state index contributed by atoms with van der Waals surface area (Å²) in [6, 6.07) is 18.8. The minimum atomic E-state index is -0.904. The zero-order valence-electron chi connectivity index (χ0n) is 22.0. The van der Waals surface area contributed by atoms with Gasteiger partial charge in [0.2, 0.25) is 0 Å². The van der Waals surface area contributed by atoms with Crippen LogP contribution in [0.3, 0.4) is 0 Å². The van der Waals surface area contributed by atoms with E-state index >= 15 is 0 Å². The molecule has 0 heterocycles. The van der Waals surface area contributed by atoms with Crippen LogP contribution in [0.15, 0.2) is 78.9 Å². The smallest absolute Gasteiger partial charge is 0.343 e. The highest BCUT2D eigenvalue weighted by atomic mass is 16.6. The van der Waals surface area contributed by atoms with Crippen LogP contribution in [0.5, 0.6) is 34.5 Å². The molecular weight excluding hydrogens is 532 g/mol. The molecule has 0 unspecified atom stereocenters. The molecule has 4 aromatic carbocycles. The van der Waals surface area contributed by atoms with Crippen molar-refractivity contribution in [3.63, 3.8) is 0 Å². The van der Waals surface area contributed by atoms with Crippen LogP contribution in [-0.2, 0) is 14.3 Å². The number of aromatic hydroxyl groups is 4. The number of carbonyl (C=O) groups excluding carboxylic acids is 3. The Morgan fingerprint density at radius 1 is 0.683 bits per heavy atom. The number of hydrogen-bond acceptors (Lipinski definition) is 10. The molecular formula is C31H26O10. The molecule has 0 aliphatic carbocycles. The SMILES string of the molecule is CC(=O)O[C@@H](C)CC(=O)Oc1c(O)c(-c2ccc(O)cc2)c(OC(=O)c2ccccc2)c(O)c1-c1ccc(O)cc1. The van der Waals surface area contributed by atoms with Gasteiger partial charge in [-0.1, -0.05) is 42.5 Å². The van der Waals surface area contributed by atoms with Crippen molar-refractivity contribution in [2.24, 2.45) is 0 Å². The molecule has 0 bridgehead atoms. The van der Waals surface area contributed by atoms with Crippen molar-refractivity contribution in [2.75, 3.05) is 0 Å². The Bertz CT molecular complexity index is 1580. The molecule has 10 nitrogen and oxygen atoms in total. The molecule has 0 saturated carbocycles. The highest BCUT2D eigenvalue weighted by Crippen LogP contribution is 2.56. The van der Waals surface area contributed by atoms with Gasteiger partial charge in [0, 0.05) is 6.92 Å². The molecule has 0 saturated heterocycles. The van der Waals surface area contributed by atoms with Gasteiger partial charge in [0.25, 0.3) is 0 Å². The number of hydrogen-bond donors (Lipinski definition) is 4. The Morgan fingerprint density at radius 2 is 1.15 bits per heavy atom. The normalized spacial score (nSPS) is 11.4. The second kappa shape index (κ2) is 12.1. The number of ether oxygens (including phenoxy) is 3. The molecule has 4 rings (SSSR count). The van der Waals surface area contributed by atoms with Gasteiger partial charge in [-0.25, -0.2) is 4.79 Å². The molecule has 0 radical (unpaired) electrons. The highest BCUT2D eigenvalue weighted by Gasteiger charge is 2.31. The van der Waals surface area contributed by atoms with E-state index in [9.17, 15) is 34.8 Å². The lowest BCUT2D eigenvalue weighted by Gasteiger charge is -2.21. The molecule has 0 aliphatic rings. The van der Waals surface area contributed by atoms with Crippen LogP contribution in [0.1, 0.15) is 30.6 Å². The van der Waals surface area contributed by atoms with Crippen molar-refractivity contribution in [3.05, 3.63) is 84.4 Å². The van der Waals surface area contributed by atoms with Gasteiger partial charge in [0.05, 0.1) is 23.1 Å². The van der Waals surface area contributed by atoms with E-state index in [0.29, 0.717) is 0 Å². The van der Waals surface area contributed by atoms with Crippen LogP contribution in [0.2, 0.25) is 0 Å². The lowest BCUT2D eigenvalue weighted by Crippen LogP contribution is -2.20. The van der Waals surface area contributed by atoms with Crippen molar-refractivity contribution >= 4 is 17.9 Å². The molecule has 0 spiro atoms. The van der Waals surface area contributed by atoms with Crippen molar-refractivity contribution < 1.29 is 49.0 Å². The molecule has 4 N–H and O–H groups in total. The molecule has 10 heteroatoms. The average Bonchev–Trinajstić information content (AvgIpc) is 2.93. The quantitative estimate of drug-likeness (QED) is 0.127. The van der Waals surface area contributed by atoms with E-state index < -0.39 is 47.0 Å². The fraction of sp³-hybridized carbons (Fsp3) is 0.129. The van der Waals surface area contributed by atoms with E-state index in [-0.39, 0.29) is 45.7 Å². The summed E-state index contributed by atoms with van der Waals surface area (Å²) in [5, 5.41) is 42.7. The lowest BCUT2D eigenvalue weighted by atomic mass is 9.95. The maximum absolute atomic E-state index is 13.1. The van der Waals surface area contributed by atoms with Gasteiger partial charge in [0.15, 0.2) is 23.0 Å². The first kappa shape index (κ1) is 28.5. The van der Waals surface area contributed by atoms with Crippen LogP contribution in [0, 0.1) is 0 Å². The molecule has 0 fully saturated rings. The van der Waals surface area contributed by atoms with Crippen molar-refractivity contribution in [2.45, 2.75) is 26.4 Å². The summed E-state index contributed by atoms with van der Waals surface area (Å²) in [5.41, 5.74) is 0.138. The van der Waals surface area contributed by atoms with E-state index in [1.165, 1.54) is 74.5 Å². The standard InChI is InChI=1S/C31H26O10/c1-17(39-18(2)32)16-24(35)40-29-25(19-8-12-22(33)13-9-19)28(37)30(41-31(38)21-6-4-3-5-7-21)26(27(29)36)20-10-14-23(34)15-11-20/h3-15,17,33-34,36-37H,16H2,1-2H3/t17-/m0/s1. The first-order valence-electron chi connectivity index (χ1n) is 12.4. The fourth-order valence-corrected chi connectivity index (χ4v) is 4.11. The summed E-state index contributed by atoms with van der Waals surface area (Å²) in [5.74, 6) is -4.78. The molecule has 1 atom stereocenters. The largest absolute Gasteiger partial charge is 0.508 e. The zero-order valence-corrected chi connectivity index (χ0v) is 22.0. The third-order valence-electron chi connectivity index (χ3n) is 5.91. The molecule has 41 heavy (non-hydrogen) atoms. The van der Waals surface area contributed by atoms with E-state index in [1.54, 1.807) is 18.2 Å². The summed E-state index contributed by atoms with van der Waals surface area (Å²) >= 11 is 0. The second-order valence-corrected chi connectivity index (χ2v) is 9.05. The van der Waals surface area contributed by atoms with Crippen LogP contribution >= 0.6 is 0 Å². The Kier molecular flexibility index (Phi) is 8.43. The summed E-state index contributed by atoms with van der Waals surface area (Å²) in [4.78, 5) is 37.2. The number of carbonyl (C=O) groups is 3. The second-order valence-electron chi connectivity index (χ2n) is 9.05. The minimum absolute atomic E-state index is 0.0906. The predicted molar refractivity (Wildman–Crippen MR) is 147 cm³/mol. The maximum Gasteiger partial charge on any atom is 0.343 e. The van der Waals surface area contributed by atoms with Crippen molar-refractivity contribution in [1.29, 1.82) is 0 Å². The van der Waals surface area contributed by atoms with Crippen LogP contribution in [0.25, 0.3) is 22.3 Å². The number of esters is 3. The number of rotatable bonds is 8. The monoisotopic (exact) mass is 558 g/mol. The highest BCUT2D eigenvalue weighted by molar-refractivity contribution is 5.98. The Labute approximate surface area is 234 Å². The van der Waals surface area contributed by atoms with E-state index in [4.69, 9.17) is 14.2 Å². The van der Waals surface area contributed by atoms with Gasteiger partial charge in [-0.05, 0) is 54.4 Å². The molecule has 0 aliphatic heterocycles. The van der Waals surface area contributed by atoms with E-state index in [2.05, 4.69) is 0 Å². The van der Waals surface area contributed by atoms with Gasteiger partial charge in [0.1, 0.15) is 17.6 Å². The van der Waals surface area contributed by atoms with Gasteiger partial charge in [-0.3, -0.25) is 9.59 Å². The van der Waals surface area contributed by atoms with E-state index in [0.717, 1.165) is 0 Å². The van der Waals surface area contributed by atoms with Gasteiger partial charge >= 0.3 is 17.9 Å². The minimum Gasteiger partial charge on any atom is -0.508 e. The maximum atomic E-state index is 13.1. The first-order valence-corrected chi connectivity index (χ1v) is 12.4. The lowest BCUT2D eigenvalue weighted by molar-refractivity contribution is -0.148. The third-order valence-corrected chi connectivity index (χ3v) is 5.91. The Hall–Kier alpha value is -5.51. The predicted octanol–water partition coefficient (Wildman–Crippen LogP) is 5.31. The van der Waals surface area contributed by atoms with Gasteiger partial charge < -0.3 is 34.6 Å². The zero-order chi connectivity index (χ0) is 29.7. The summed E-state index contributed by atoms with van der Waals surface area (Å²) < 4.78 is 16.1. The van der Waals surface area contributed by atoms with Gasteiger partial charge in [-0.15, -0.1) is 0 Å². The Balaban J connectivity index is 1.94. The van der Waals surface area contributed by atoms with Crippen LogP contribution in [0.4, 0.5) is 0 Å². The summed E-state index contributed by atoms with van der Waals surface area (Å²) in [6.45, 7) is 2.67. The number of phenolic OH excluding ortho intramolecular Hbond substituents is 4. The average molecular weight is 559 g/mol. The first-order chi connectivity index (χ1) is 19.5. The Morgan fingerprint density at radius 3 is 1.61 bits per heavy atom. The van der Waals surface area contributed by atoms with Crippen LogP contribution < -0.4 is 9.47 Å². The topological polar surface area (TPSA) is 160 Å². The molecule has 210 valence electrons. The molecule has 0 aromatic heterocycles. The van der Waals surface area contributed by atoms with Crippen LogP contribution in [-0.4, -0.2) is 44.4 Å². The summed E-state index contributed by atoms with van der Waals surface area (Å²) in [6.07, 6.45) is -1.23. The van der Waals surface area contributed by atoms with E-state index in [1.807, 2.05) is 0 Å². The van der Waals surface area contributed by atoms with Crippen molar-refractivity contribution in [1.82, 2.24) is 0 Å². The number of benzene rings is 4. The van der Waals surface area contributed by atoms with Crippen molar-refractivity contribution in [3.8, 4) is 56.8 Å². The number of phenols is 4. The van der Waals surface area contributed by atoms with Gasteiger partial charge in [-0.2, -0.15) is 0 Å². The fourth-order valence-electron chi connectivity index (χ4n) is 4.11. The molecule has 4 aromatic rings. The molecule has 0 amide bonds. The third kappa shape index (κ3) is 6.56.